The molecule has 4 aromatic carbocycles. The Kier molecular flexibility index (Phi) is 2.46. The van der Waals surface area contributed by atoms with Crippen LogP contribution in [0.25, 0.3) is 51.1 Å². The van der Waals surface area contributed by atoms with Crippen molar-refractivity contribution in [2.75, 3.05) is 0 Å². The SMILES string of the molecule is c1ccc2c(c1)sc1c2ccc2ccc3sc4ccccc4c3c21. The zero-order valence-electron chi connectivity index (χ0n) is 12.7. The Labute approximate surface area is 146 Å². The van der Waals surface area contributed by atoms with Crippen LogP contribution in [0, 0.1) is 0 Å². The monoisotopic (exact) mass is 340 g/mol. The van der Waals surface area contributed by atoms with Crippen LogP contribution in [0.15, 0.2) is 72.8 Å². The first-order valence-corrected chi connectivity index (χ1v) is 9.68. The van der Waals surface area contributed by atoms with Crippen molar-refractivity contribution in [1.82, 2.24) is 0 Å². The van der Waals surface area contributed by atoms with Crippen LogP contribution in [0.2, 0.25) is 0 Å². The molecular formula is C22H12S2. The van der Waals surface area contributed by atoms with Crippen LogP contribution in [-0.4, -0.2) is 0 Å². The second kappa shape index (κ2) is 4.56. The number of hydrogen-bond acceptors (Lipinski definition) is 2. The van der Waals surface area contributed by atoms with E-state index in [1.807, 2.05) is 22.7 Å². The minimum atomic E-state index is 1.34. The summed E-state index contributed by atoms with van der Waals surface area (Å²) in [6.45, 7) is 0. The molecule has 24 heavy (non-hydrogen) atoms. The van der Waals surface area contributed by atoms with Gasteiger partial charge in [0.05, 0.1) is 0 Å². The van der Waals surface area contributed by atoms with Gasteiger partial charge in [0.15, 0.2) is 0 Å². The second-order valence-electron chi connectivity index (χ2n) is 6.18. The summed E-state index contributed by atoms with van der Waals surface area (Å²) in [5, 5.41) is 8.31. The Hall–Kier alpha value is -2.42. The third-order valence-corrected chi connectivity index (χ3v) is 7.21. The molecule has 112 valence electrons. The zero-order valence-corrected chi connectivity index (χ0v) is 14.4. The van der Waals surface area contributed by atoms with E-state index in [0.717, 1.165) is 0 Å². The van der Waals surface area contributed by atoms with Crippen LogP contribution < -0.4 is 0 Å². The highest BCUT2D eigenvalue weighted by Gasteiger charge is 2.13. The molecule has 0 aliphatic rings. The van der Waals surface area contributed by atoms with Gasteiger partial charge in [-0.3, -0.25) is 0 Å². The molecule has 0 fully saturated rings. The highest BCUT2D eigenvalue weighted by atomic mass is 32.1. The third-order valence-electron chi connectivity index (χ3n) is 4.87. The van der Waals surface area contributed by atoms with Crippen molar-refractivity contribution in [3.8, 4) is 0 Å². The van der Waals surface area contributed by atoms with Crippen LogP contribution in [-0.2, 0) is 0 Å². The summed E-state index contributed by atoms with van der Waals surface area (Å²) in [4.78, 5) is 0. The first-order valence-electron chi connectivity index (χ1n) is 8.04. The van der Waals surface area contributed by atoms with Gasteiger partial charge in [-0.25, -0.2) is 0 Å². The normalized spacial score (nSPS) is 12.2. The largest absolute Gasteiger partial charge is 0.135 e. The fourth-order valence-electron chi connectivity index (χ4n) is 3.81. The molecule has 0 spiro atoms. The summed E-state index contributed by atoms with van der Waals surface area (Å²) in [5.74, 6) is 0. The van der Waals surface area contributed by atoms with Crippen LogP contribution in [0.5, 0.6) is 0 Å². The molecular weight excluding hydrogens is 328 g/mol. The molecule has 0 radical (unpaired) electrons. The van der Waals surface area contributed by atoms with Crippen molar-refractivity contribution in [3.63, 3.8) is 0 Å². The minimum absolute atomic E-state index is 1.34. The quantitative estimate of drug-likeness (QED) is 0.267. The highest BCUT2D eigenvalue weighted by Crippen LogP contribution is 2.44. The van der Waals surface area contributed by atoms with Crippen molar-refractivity contribution in [1.29, 1.82) is 0 Å². The van der Waals surface area contributed by atoms with E-state index in [1.165, 1.54) is 51.1 Å². The average molecular weight is 340 g/mol. The maximum Gasteiger partial charge on any atom is 0.0440 e. The fourth-order valence-corrected chi connectivity index (χ4v) is 6.18. The van der Waals surface area contributed by atoms with E-state index < -0.39 is 0 Å². The molecule has 0 bridgehead atoms. The molecule has 0 aliphatic heterocycles. The van der Waals surface area contributed by atoms with Crippen molar-refractivity contribution >= 4 is 73.8 Å². The molecule has 0 saturated heterocycles. The predicted molar refractivity (Wildman–Crippen MR) is 110 cm³/mol. The Balaban J connectivity index is 1.98. The van der Waals surface area contributed by atoms with Crippen LogP contribution in [0.4, 0.5) is 0 Å². The summed E-state index contributed by atoms with van der Waals surface area (Å²) in [6.07, 6.45) is 0. The van der Waals surface area contributed by atoms with Crippen molar-refractivity contribution in [2.24, 2.45) is 0 Å². The molecule has 2 aromatic heterocycles. The molecule has 0 aliphatic carbocycles. The van der Waals surface area contributed by atoms with E-state index in [2.05, 4.69) is 72.8 Å². The van der Waals surface area contributed by atoms with Crippen LogP contribution in [0.3, 0.4) is 0 Å². The number of fused-ring (bicyclic) bond motifs is 9. The van der Waals surface area contributed by atoms with Gasteiger partial charge in [-0.15, -0.1) is 22.7 Å². The zero-order chi connectivity index (χ0) is 15.7. The van der Waals surface area contributed by atoms with Gasteiger partial charge in [0, 0.05) is 45.7 Å². The van der Waals surface area contributed by atoms with E-state index in [1.54, 1.807) is 0 Å². The fraction of sp³-hybridized carbons (Fsp3) is 0. The van der Waals surface area contributed by atoms with Gasteiger partial charge in [-0.2, -0.15) is 0 Å². The smallest absolute Gasteiger partial charge is 0.0440 e. The maximum atomic E-state index is 2.29. The second-order valence-corrected chi connectivity index (χ2v) is 8.31. The molecule has 0 nitrogen and oxygen atoms in total. The van der Waals surface area contributed by atoms with Crippen LogP contribution >= 0.6 is 22.7 Å². The van der Waals surface area contributed by atoms with Gasteiger partial charge in [0.2, 0.25) is 0 Å². The molecule has 0 unspecified atom stereocenters. The Morgan fingerprint density at radius 3 is 2.04 bits per heavy atom. The Morgan fingerprint density at radius 2 is 1.17 bits per heavy atom. The van der Waals surface area contributed by atoms with Crippen molar-refractivity contribution in [2.45, 2.75) is 0 Å². The van der Waals surface area contributed by atoms with Gasteiger partial charge in [-0.1, -0.05) is 54.6 Å². The maximum absolute atomic E-state index is 2.29. The summed E-state index contributed by atoms with van der Waals surface area (Å²) in [6, 6.07) is 26.7. The lowest BCUT2D eigenvalue weighted by Gasteiger charge is -2.03. The van der Waals surface area contributed by atoms with E-state index in [4.69, 9.17) is 0 Å². The lowest BCUT2D eigenvalue weighted by atomic mass is 10.0. The molecule has 6 rings (SSSR count). The first-order chi connectivity index (χ1) is 11.9. The first kappa shape index (κ1) is 12.9. The highest BCUT2D eigenvalue weighted by molar-refractivity contribution is 7.28. The Morgan fingerprint density at radius 1 is 0.458 bits per heavy atom. The Bertz CT molecular complexity index is 1400. The summed E-state index contributed by atoms with van der Waals surface area (Å²) >= 11 is 3.82. The van der Waals surface area contributed by atoms with Gasteiger partial charge in [-0.05, 0) is 23.6 Å². The van der Waals surface area contributed by atoms with E-state index in [0.29, 0.717) is 0 Å². The number of hydrogen-bond donors (Lipinski definition) is 0. The van der Waals surface area contributed by atoms with Crippen molar-refractivity contribution < 1.29 is 0 Å². The molecule has 2 heterocycles. The van der Waals surface area contributed by atoms with E-state index in [-0.39, 0.29) is 0 Å². The van der Waals surface area contributed by atoms with Gasteiger partial charge in [0.25, 0.3) is 0 Å². The van der Waals surface area contributed by atoms with Crippen LogP contribution in [0.1, 0.15) is 0 Å². The standard InChI is InChI=1S/C22H12S2/c1-3-7-17-14(5-1)15-11-9-13-10-12-19-21(20(13)22(15)24-17)16-6-2-4-8-18(16)23-19/h1-12H. The molecule has 0 amide bonds. The predicted octanol–water partition coefficient (Wildman–Crippen LogP) is 7.58. The van der Waals surface area contributed by atoms with Gasteiger partial charge >= 0.3 is 0 Å². The van der Waals surface area contributed by atoms with Gasteiger partial charge < -0.3 is 0 Å². The van der Waals surface area contributed by atoms with Gasteiger partial charge in [0.1, 0.15) is 0 Å². The van der Waals surface area contributed by atoms with E-state index in [9.17, 15) is 0 Å². The molecule has 0 N–H and O–H groups in total. The molecule has 2 heteroatoms. The molecule has 0 saturated carbocycles. The summed E-state index contributed by atoms with van der Waals surface area (Å²) in [5.41, 5.74) is 0. The molecule has 0 atom stereocenters. The average Bonchev–Trinajstić information content (AvgIpc) is 3.19. The topological polar surface area (TPSA) is 0 Å². The van der Waals surface area contributed by atoms with Crippen molar-refractivity contribution in [3.05, 3.63) is 72.8 Å². The number of thiophene rings is 2. The lowest BCUT2D eigenvalue weighted by Crippen LogP contribution is -1.75. The third kappa shape index (κ3) is 1.57. The summed E-state index contributed by atoms with van der Waals surface area (Å²) in [7, 11) is 0. The minimum Gasteiger partial charge on any atom is -0.135 e. The number of rotatable bonds is 0. The van der Waals surface area contributed by atoms with E-state index >= 15 is 0 Å². The number of benzene rings is 4. The lowest BCUT2D eigenvalue weighted by molar-refractivity contribution is 1.86. The summed E-state index contributed by atoms with van der Waals surface area (Å²) < 4.78 is 5.55. The molecule has 6 aromatic rings.